The third-order valence-corrected chi connectivity index (χ3v) is 2.28. The van der Waals surface area contributed by atoms with E-state index in [1.165, 1.54) is 19.2 Å². The number of methoxy groups -OCH3 is 1. The van der Waals surface area contributed by atoms with Crippen LogP contribution in [0, 0.1) is 6.92 Å². The zero-order valence-electron chi connectivity index (χ0n) is 9.58. The Morgan fingerprint density at radius 1 is 1.28 bits per heavy atom. The molecule has 1 heterocycles. The minimum Gasteiger partial charge on any atom is -0.496 e. The average molecular weight is 258 g/mol. The molecule has 0 atom stereocenters. The van der Waals surface area contributed by atoms with Crippen LogP contribution in [0.4, 0.5) is 13.2 Å². The molecule has 18 heavy (non-hydrogen) atoms. The van der Waals surface area contributed by atoms with Gasteiger partial charge in [0.05, 0.1) is 12.7 Å². The van der Waals surface area contributed by atoms with Crippen molar-refractivity contribution in [2.45, 2.75) is 13.1 Å². The minimum atomic E-state index is -4.50. The van der Waals surface area contributed by atoms with Crippen LogP contribution in [-0.2, 0) is 6.18 Å². The van der Waals surface area contributed by atoms with Crippen LogP contribution >= 0.6 is 0 Å². The molecular weight excluding hydrogens is 249 g/mol. The SMILES string of the molecule is COc1ccc(-c2nc(C)no2)cc1C(F)(F)F. The molecule has 1 aromatic heterocycles. The fourth-order valence-corrected chi connectivity index (χ4v) is 1.48. The van der Waals surface area contributed by atoms with E-state index in [0.29, 0.717) is 5.82 Å². The van der Waals surface area contributed by atoms with Gasteiger partial charge in [-0.05, 0) is 25.1 Å². The van der Waals surface area contributed by atoms with E-state index in [0.717, 1.165) is 6.07 Å². The summed E-state index contributed by atoms with van der Waals surface area (Å²) in [5.41, 5.74) is -0.679. The smallest absolute Gasteiger partial charge is 0.419 e. The summed E-state index contributed by atoms with van der Waals surface area (Å²) in [5, 5.41) is 3.53. The summed E-state index contributed by atoms with van der Waals surface area (Å²) in [6.07, 6.45) is -4.50. The molecule has 0 aliphatic rings. The molecule has 2 rings (SSSR count). The first-order valence-corrected chi connectivity index (χ1v) is 4.97. The van der Waals surface area contributed by atoms with Gasteiger partial charge in [0.15, 0.2) is 5.82 Å². The van der Waals surface area contributed by atoms with E-state index in [4.69, 9.17) is 4.52 Å². The molecule has 0 N–H and O–H groups in total. The van der Waals surface area contributed by atoms with Gasteiger partial charge < -0.3 is 9.26 Å². The second-order valence-corrected chi connectivity index (χ2v) is 3.56. The Morgan fingerprint density at radius 2 is 2.00 bits per heavy atom. The Balaban J connectivity index is 2.52. The largest absolute Gasteiger partial charge is 0.496 e. The van der Waals surface area contributed by atoms with Crippen LogP contribution in [0.25, 0.3) is 11.5 Å². The standard InChI is InChI=1S/C11H9F3N2O2/c1-6-15-10(18-16-6)7-3-4-9(17-2)8(5-7)11(12,13)14/h3-5H,1-2H3. The zero-order chi connectivity index (χ0) is 13.3. The Morgan fingerprint density at radius 3 is 2.50 bits per heavy atom. The van der Waals surface area contributed by atoms with Gasteiger partial charge in [-0.2, -0.15) is 18.2 Å². The van der Waals surface area contributed by atoms with Crippen LogP contribution in [0.1, 0.15) is 11.4 Å². The van der Waals surface area contributed by atoms with Crippen molar-refractivity contribution >= 4 is 0 Å². The highest BCUT2D eigenvalue weighted by Crippen LogP contribution is 2.38. The lowest BCUT2D eigenvalue weighted by Gasteiger charge is -2.12. The molecule has 0 amide bonds. The van der Waals surface area contributed by atoms with Crippen LogP contribution in [0.15, 0.2) is 22.7 Å². The van der Waals surface area contributed by atoms with Crippen molar-refractivity contribution in [1.82, 2.24) is 10.1 Å². The fourth-order valence-electron chi connectivity index (χ4n) is 1.48. The van der Waals surface area contributed by atoms with E-state index in [9.17, 15) is 13.2 Å². The third kappa shape index (κ3) is 2.29. The van der Waals surface area contributed by atoms with Gasteiger partial charge in [-0.3, -0.25) is 0 Å². The van der Waals surface area contributed by atoms with Crippen molar-refractivity contribution in [1.29, 1.82) is 0 Å². The van der Waals surface area contributed by atoms with Gasteiger partial charge in [-0.15, -0.1) is 0 Å². The summed E-state index contributed by atoms with van der Waals surface area (Å²) in [5.74, 6) is 0.150. The van der Waals surface area contributed by atoms with E-state index >= 15 is 0 Å². The van der Waals surface area contributed by atoms with Crippen LogP contribution in [-0.4, -0.2) is 17.3 Å². The number of nitrogens with zero attached hydrogens (tertiary/aromatic N) is 2. The molecular formula is C11H9F3N2O2. The van der Waals surface area contributed by atoms with Crippen LogP contribution in [0.5, 0.6) is 5.75 Å². The molecule has 2 aromatic rings. The molecule has 0 radical (unpaired) electrons. The van der Waals surface area contributed by atoms with Crippen LogP contribution < -0.4 is 4.74 Å². The first-order valence-electron chi connectivity index (χ1n) is 4.97. The monoisotopic (exact) mass is 258 g/mol. The Hall–Kier alpha value is -2.05. The number of benzene rings is 1. The molecule has 1 aromatic carbocycles. The van der Waals surface area contributed by atoms with Crippen molar-refractivity contribution in [3.63, 3.8) is 0 Å². The molecule has 0 aliphatic heterocycles. The topological polar surface area (TPSA) is 48.2 Å². The number of aryl methyl sites for hydroxylation is 1. The van der Waals surface area contributed by atoms with Crippen LogP contribution in [0.3, 0.4) is 0 Å². The first kappa shape index (κ1) is 12.4. The van der Waals surface area contributed by atoms with Gasteiger partial charge >= 0.3 is 6.18 Å². The lowest BCUT2D eigenvalue weighted by molar-refractivity contribution is -0.138. The average Bonchev–Trinajstić information content (AvgIpc) is 2.74. The summed E-state index contributed by atoms with van der Waals surface area (Å²) in [6, 6.07) is 3.57. The van der Waals surface area contributed by atoms with Crippen molar-refractivity contribution in [3.8, 4) is 17.2 Å². The number of ether oxygens (including phenoxy) is 1. The van der Waals surface area contributed by atoms with Gasteiger partial charge in [0, 0.05) is 5.56 Å². The van der Waals surface area contributed by atoms with Gasteiger partial charge in [0.25, 0.3) is 5.89 Å². The van der Waals surface area contributed by atoms with E-state index < -0.39 is 11.7 Å². The highest BCUT2D eigenvalue weighted by Gasteiger charge is 2.35. The molecule has 0 spiro atoms. The Bertz CT molecular complexity index is 564. The molecule has 0 unspecified atom stereocenters. The molecule has 0 bridgehead atoms. The number of aromatic nitrogens is 2. The predicted octanol–water partition coefficient (Wildman–Crippen LogP) is 3.07. The second kappa shape index (κ2) is 4.32. The first-order chi connectivity index (χ1) is 8.41. The maximum absolute atomic E-state index is 12.8. The molecule has 0 fully saturated rings. The maximum atomic E-state index is 12.8. The van der Waals surface area contributed by atoms with E-state index in [2.05, 4.69) is 14.9 Å². The number of rotatable bonds is 2. The number of halogens is 3. The second-order valence-electron chi connectivity index (χ2n) is 3.56. The number of hydrogen-bond acceptors (Lipinski definition) is 4. The van der Waals surface area contributed by atoms with Gasteiger partial charge in [0.1, 0.15) is 5.75 Å². The van der Waals surface area contributed by atoms with Crippen LogP contribution in [0.2, 0.25) is 0 Å². The van der Waals surface area contributed by atoms with E-state index in [1.54, 1.807) is 6.92 Å². The lowest BCUT2D eigenvalue weighted by atomic mass is 10.1. The number of alkyl halides is 3. The van der Waals surface area contributed by atoms with E-state index in [1.807, 2.05) is 0 Å². The van der Waals surface area contributed by atoms with Gasteiger partial charge in [-0.1, -0.05) is 5.16 Å². The molecule has 4 nitrogen and oxygen atoms in total. The summed E-state index contributed by atoms with van der Waals surface area (Å²) >= 11 is 0. The summed E-state index contributed by atoms with van der Waals surface area (Å²) < 4.78 is 47.9. The van der Waals surface area contributed by atoms with Gasteiger partial charge in [-0.25, -0.2) is 0 Å². The molecule has 0 aliphatic carbocycles. The minimum absolute atomic E-state index is 0.0423. The molecule has 0 saturated carbocycles. The number of hydrogen-bond donors (Lipinski definition) is 0. The van der Waals surface area contributed by atoms with Crippen molar-refractivity contribution < 1.29 is 22.4 Å². The molecule has 96 valence electrons. The lowest BCUT2D eigenvalue weighted by Crippen LogP contribution is -2.07. The zero-order valence-corrected chi connectivity index (χ0v) is 9.58. The van der Waals surface area contributed by atoms with E-state index in [-0.39, 0.29) is 17.2 Å². The quantitative estimate of drug-likeness (QED) is 0.830. The predicted molar refractivity (Wildman–Crippen MR) is 56.0 cm³/mol. The maximum Gasteiger partial charge on any atom is 0.419 e. The summed E-state index contributed by atoms with van der Waals surface area (Å²) in [4.78, 5) is 3.87. The normalized spacial score (nSPS) is 11.6. The van der Waals surface area contributed by atoms with Crippen molar-refractivity contribution in [2.75, 3.05) is 7.11 Å². The fraction of sp³-hybridized carbons (Fsp3) is 0.273. The Kier molecular flexibility index (Phi) is 2.98. The molecule has 0 saturated heterocycles. The molecule has 7 heteroatoms. The van der Waals surface area contributed by atoms with Crippen molar-refractivity contribution in [3.05, 3.63) is 29.6 Å². The Labute approximate surface area is 100 Å². The highest BCUT2D eigenvalue weighted by molar-refractivity contribution is 5.57. The van der Waals surface area contributed by atoms with Gasteiger partial charge in [0.2, 0.25) is 0 Å². The van der Waals surface area contributed by atoms with Crippen molar-refractivity contribution in [2.24, 2.45) is 0 Å². The third-order valence-electron chi connectivity index (χ3n) is 2.28. The summed E-state index contributed by atoms with van der Waals surface area (Å²) in [6.45, 7) is 1.58. The summed E-state index contributed by atoms with van der Waals surface area (Å²) in [7, 11) is 1.18. The highest BCUT2D eigenvalue weighted by atomic mass is 19.4.